The van der Waals surface area contributed by atoms with Crippen LogP contribution in [0.25, 0.3) is 16.7 Å². The minimum atomic E-state index is -1.12. The summed E-state index contributed by atoms with van der Waals surface area (Å²) in [6, 6.07) is 13.9. The van der Waals surface area contributed by atoms with Crippen LogP contribution in [0.2, 0.25) is 0 Å². The molecule has 0 unspecified atom stereocenters. The zero-order chi connectivity index (χ0) is 27.7. The van der Waals surface area contributed by atoms with Crippen molar-refractivity contribution in [3.05, 3.63) is 77.4 Å². The Morgan fingerprint density at radius 1 is 1.05 bits per heavy atom. The molecule has 0 bridgehead atoms. The number of piperidine rings is 1. The smallest absolute Gasteiger partial charge is 0.264 e. The fourth-order valence-electron chi connectivity index (χ4n) is 5.75. The molecule has 11 heteroatoms. The van der Waals surface area contributed by atoms with Gasteiger partial charge in [0.25, 0.3) is 5.56 Å². The topological polar surface area (TPSA) is 115 Å². The van der Waals surface area contributed by atoms with Gasteiger partial charge in [-0.1, -0.05) is 24.3 Å². The molecule has 1 aliphatic heterocycles. The largest absolute Gasteiger partial charge is 0.474 e. The number of ether oxygens (including phenoxy) is 1. The molecule has 3 aromatic heterocycles. The number of para-hydroxylation sites is 1. The molecule has 1 amide bonds. The van der Waals surface area contributed by atoms with Crippen LogP contribution in [0.3, 0.4) is 0 Å². The molecule has 208 valence electrons. The number of hydrogen-bond acceptors (Lipinski definition) is 7. The summed E-state index contributed by atoms with van der Waals surface area (Å²) in [4.78, 5) is 36.5. The summed E-state index contributed by atoms with van der Waals surface area (Å²) in [7, 11) is 0. The Morgan fingerprint density at radius 2 is 1.80 bits per heavy atom. The van der Waals surface area contributed by atoms with E-state index in [1.54, 1.807) is 16.8 Å². The molecule has 2 fully saturated rings. The van der Waals surface area contributed by atoms with E-state index in [1.807, 2.05) is 35.2 Å². The SMILES string of the molecule is O=C(C1CCC(Oc2cccc(F)n2)CC1)N1CCC(O)(Cn2cnc3c(cnn3-c3ccccc3)c2=O)CC1. The van der Waals surface area contributed by atoms with Crippen LogP contribution >= 0.6 is 0 Å². The van der Waals surface area contributed by atoms with Crippen LogP contribution in [0.15, 0.2) is 65.8 Å². The molecule has 1 saturated heterocycles. The van der Waals surface area contributed by atoms with Gasteiger partial charge in [0.2, 0.25) is 17.7 Å². The van der Waals surface area contributed by atoms with E-state index in [9.17, 15) is 19.1 Å². The second-order valence-electron chi connectivity index (χ2n) is 10.7. The number of rotatable bonds is 6. The van der Waals surface area contributed by atoms with Gasteiger partial charge in [0.1, 0.15) is 17.8 Å². The normalized spacial score (nSPS) is 20.9. The van der Waals surface area contributed by atoms with Crippen molar-refractivity contribution in [3.63, 3.8) is 0 Å². The number of hydrogen-bond donors (Lipinski definition) is 1. The third-order valence-corrected chi connectivity index (χ3v) is 8.03. The van der Waals surface area contributed by atoms with E-state index in [-0.39, 0.29) is 35.9 Å². The zero-order valence-corrected chi connectivity index (χ0v) is 22.0. The minimum absolute atomic E-state index is 0.0890. The number of nitrogens with zero attached hydrogens (tertiary/aromatic N) is 6. The highest BCUT2D eigenvalue weighted by Crippen LogP contribution is 2.31. The second kappa shape index (κ2) is 10.8. The molecule has 4 aromatic rings. The average Bonchev–Trinajstić information content (AvgIpc) is 3.41. The monoisotopic (exact) mass is 546 g/mol. The third-order valence-electron chi connectivity index (χ3n) is 8.03. The number of carbonyl (C=O) groups is 1. The van der Waals surface area contributed by atoms with Crippen molar-refractivity contribution in [2.75, 3.05) is 13.1 Å². The number of fused-ring (bicyclic) bond motifs is 1. The number of aliphatic hydroxyl groups is 1. The Morgan fingerprint density at radius 3 is 2.52 bits per heavy atom. The maximum absolute atomic E-state index is 13.3. The molecular weight excluding hydrogens is 515 g/mol. The van der Waals surface area contributed by atoms with Crippen LogP contribution in [0, 0.1) is 11.9 Å². The lowest BCUT2D eigenvalue weighted by atomic mass is 9.85. The van der Waals surface area contributed by atoms with Crippen LogP contribution in [0.1, 0.15) is 38.5 Å². The lowest BCUT2D eigenvalue weighted by Crippen LogP contribution is -2.51. The van der Waals surface area contributed by atoms with Crippen molar-refractivity contribution in [2.45, 2.75) is 56.8 Å². The van der Waals surface area contributed by atoms with E-state index in [1.165, 1.54) is 23.2 Å². The summed E-state index contributed by atoms with van der Waals surface area (Å²) < 4.78 is 22.2. The number of pyridine rings is 1. The summed E-state index contributed by atoms with van der Waals surface area (Å²) in [5.41, 5.74) is -0.101. The van der Waals surface area contributed by atoms with Gasteiger partial charge in [-0.05, 0) is 56.7 Å². The Balaban J connectivity index is 1.04. The first-order valence-corrected chi connectivity index (χ1v) is 13.7. The van der Waals surface area contributed by atoms with Gasteiger partial charge in [0.05, 0.1) is 24.0 Å². The van der Waals surface area contributed by atoms with E-state index in [0.717, 1.165) is 5.69 Å². The number of carbonyl (C=O) groups excluding carboxylic acids is 1. The predicted octanol–water partition coefficient (Wildman–Crippen LogP) is 3.11. The van der Waals surface area contributed by atoms with Gasteiger partial charge in [-0.25, -0.2) is 9.67 Å². The first-order valence-electron chi connectivity index (χ1n) is 13.7. The van der Waals surface area contributed by atoms with Crippen molar-refractivity contribution < 1.29 is 19.0 Å². The zero-order valence-electron chi connectivity index (χ0n) is 22.0. The summed E-state index contributed by atoms with van der Waals surface area (Å²) in [6.45, 7) is 0.953. The van der Waals surface area contributed by atoms with E-state index in [0.29, 0.717) is 62.6 Å². The van der Waals surface area contributed by atoms with E-state index in [2.05, 4.69) is 15.1 Å². The van der Waals surface area contributed by atoms with E-state index < -0.39 is 11.5 Å². The van der Waals surface area contributed by atoms with Crippen LogP contribution in [-0.2, 0) is 11.3 Å². The first-order chi connectivity index (χ1) is 19.4. The molecule has 40 heavy (non-hydrogen) atoms. The molecular formula is C29H31FN6O4. The first kappa shape index (κ1) is 26.1. The highest BCUT2D eigenvalue weighted by atomic mass is 19.1. The summed E-state index contributed by atoms with van der Waals surface area (Å²) >= 11 is 0. The second-order valence-corrected chi connectivity index (χ2v) is 10.7. The molecule has 1 N–H and O–H groups in total. The molecule has 10 nitrogen and oxygen atoms in total. The van der Waals surface area contributed by atoms with Gasteiger partial charge in [-0.3, -0.25) is 14.2 Å². The Kier molecular flexibility index (Phi) is 7.05. The van der Waals surface area contributed by atoms with Crippen molar-refractivity contribution in [2.24, 2.45) is 5.92 Å². The lowest BCUT2D eigenvalue weighted by Gasteiger charge is -2.40. The molecule has 1 saturated carbocycles. The number of halogens is 1. The fraction of sp³-hybridized carbons (Fsp3) is 0.414. The van der Waals surface area contributed by atoms with Crippen molar-refractivity contribution in [1.82, 2.24) is 29.2 Å². The van der Waals surface area contributed by atoms with Crippen molar-refractivity contribution in [3.8, 4) is 11.6 Å². The van der Waals surface area contributed by atoms with Gasteiger partial charge < -0.3 is 14.7 Å². The number of amides is 1. The fourth-order valence-corrected chi connectivity index (χ4v) is 5.75. The Labute approximate surface area is 230 Å². The van der Waals surface area contributed by atoms with Gasteiger partial charge in [0.15, 0.2) is 5.65 Å². The molecule has 1 aliphatic carbocycles. The van der Waals surface area contributed by atoms with Crippen molar-refractivity contribution >= 4 is 16.9 Å². The molecule has 2 aliphatic rings. The van der Waals surface area contributed by atoms with Gasteiger partial charge in [-0.2, -0.15) is 14.5 Å². The van der Waals surface area contributed by atoms with Gasteiger partial charge >= 0.3 is 0 Å². The summed E-state index contributed by atoms with van der Waals surface area (Å²) in [5.74, 6) is -0.310. The molecule has 1 aromatic carbocycles. The molecule has 4 heterocycles. The number of aromatic nitrogens is 5. The van der Waals surface area contributed by atoms with E-state index in [4.69, 9.17) is 4.74 Å². The maximum Gasteiger partial charge on any atom is 0.264 e. The minimum Gasteiger partial charge on any atom is -0.474 e. The Hall–Kier alpha value is -4.12. The van der Waals surface area contributed by atoms with Gasteiger partial charge in [-0.15, -0.1) is 0 Å². The number of benzene rings is 1. The molecule has 0 spiro atoms. The summed E-state index contributed by atoms with van der Waals surface area (Å²) in [5, 5.41) is 16.0. The van der Waals surface area contributed by atoms with Crippen LogP contribution in [0.4, 0.5) is 4.39 Å². The van der Waals surface area contributed by atoms with E-state index >= 15 is 0 Å². The molecule has 6 rings (SSSR count). The predicted molar refractivity (Wildman–Crippen MR) is 144 cm³/mol. The molecule has 0 atom stereocenters. The van der Waals surface area contributed by atoms with Crippen molar-refractivity contribution in [1.29, 1.82) is 0 Å². The summed E-state index contributed by atoms with van der Waals surface area (Å²) in [6.07, 6.45) is 6.40. The van der Waals surface area contributed by atoms with Crippen LogP contribution < -0.4 is 10.3 Å². The average molecular weight is 547 g/mol. The standard InChI is InChI=1S/C29H31FN6O4/c30-24-7-4-8-25(33-24)40-22-11-9-20(10-12-22)27(37)34-15-13-29(39,14-16-34)18-35-19-31-26-23(28(35)38)17-32-36(26)21-5-2-1-3-6-21/h1-8,17,19-20,22,39H,9-16,18H2. The highest BCUT2D eigenvalue weighted by Gasteiger charge is 2.37. The lowest BCUT2D eigenvalue weighted by molar-refractivity contribution is -0.141. The Bertz CT molecular complexity index is 1560. The third kappa shape index (κ3) is 5.33. The molecule has 0 radical (unpaired) electrons. The highest BCUT2D eigenvalue weighted by molar-refractivity contribution is 5.79. The van der Waals surface area contributed by atoms with Gasteiger partial charge in [0, 0.05) is 25.1 Å². The van der Waals surface area contributed by atoms with Crippen LogP contribution in [0.5, 0.6) is 5.88 Å². The quantitative estimate of drug-likeness (QED) is 0.370. The maximum atomic E-state index is 13.3. The number of likely N-dealkylation sites (tertiary alicyclic amines) is 1. The van der Waals surface area contributed by atoms with Crippen LogP contribution in [-0.4, -0.2) is 65.0 Å².